The first-order chi connectivity index (χ1) is 10.7. The highest BCUT2D eigenvalue weighted by atomic mass is 16.5. The average Bonchev–Trinajstić information content (AvgIpc) is 2.55. The first kappa shape index (κ1) is 14.8. The lowest BCUT2D eigenvalue weighted by molar-refractivity contribution is 0.0363. The molecule has 3 rings (SSSR count). The minimum absolute atomic E-state index is 0.00600. The molecule has 0 bridgehead atoms. The summed E-state index contributed by atoms with van der Waals surface area (Å²) in [5.41, 5.74) is 1.50. The van der Waals surface area contributed by atoms with Gasteiger partial charge in [-0.15, -0.1) is 0 Å². The second-order valence-corrected chi connectivity index (χ2v) is 5.41. The minimum atomic E-state index is -0.174. The third kappa shape index (κ3) is 3.37. The molecule has 2 aromatic rings. The SMILES string of the molecule is O=c1cc(O)cc(-c2ccccc2)n1CCN1CCOCC1. The van der Waals surface area contributed by atoms with Crippen LogP contribution in [0.3, 0.4) is 0 Å². The van der Waals surface area contributed by atoms with Crippen LogP contribution in [0.5, 0.6) is 5.75 Å². The Bertz CT molecular complexity index is 676. The second kappa shape index (κ2) is 6.77. The van der Waals surface area contributed by atoms with Crippen LogP contribution in [-0.4, -0.2) is 47.4 Å². The molecule has 1 aromatic heterocycles. The van der Waals surface area contributed by atoms with E-state index in [1.54, 1.807) is 10.6 Å². The number of pyridine rings is 1. The maximum absolute atomic E-state index is 12.3. The fourth-order valence-corrected chi connectivity index (χ4v) is 2.73. The largest absolute Gasteiger partial charge is 0.508 e. The van der Waals surface area contributed by atoms with Gasteiger partial charge in [-0.2, -0.15) is 0 Å². The van der Waals surface area contributed by atoms with Crippen LogP contribution in [0.25, 0.3) is 11.3 Å². The van der Waals surface area contributed by atoms with Gasteiger partial charge in [0.2, 0.25) is 0 Å². The predicted molar refractivity (Wildman–Crippen MR) is 85.1 cm³/mol. The Hall–Kier alpha value is -2.11. The topological polar surface area (TPSA) is 54.7 Å². The van der Waals surface area contributed by atoms with E-state index >= 15 is 0 Å². The minimum Gasteiger partial charge on any atom is -0.508 e. The summed E-state index contributed by atoms with van der Waals surface area (Å²) in [7, 11) is 0. The van der Waals surface area contributed by atoms with E-state index in [-0.39, 0.29) is 11.3 Å². The number of nitrogens with zero attached hydrogens (tertiary/aromatic N) is 2. The molecule has 0 unspecified atom stereocenters. The van der Waals surface area contributed by atoms with Gasteiger partial charge in [-0.1, -0.05) is 30.3 Å². The number of rotatable bonds is 4. The van der Waals surface area contributed by atoms with Crippen molar-refractivity contribution >= 4 is 0 Å². The summed E-state index contributed by atoms with van der Waals surface area (Å²) in [5.74, 6) is 0.00600. The highest BCUT2D eigenvalue weighted by Crippen LogP contribution is 2.21. The molecule has 22 heavy (non-hydrogen) atoms. The molecular formula is C17H20N2O3. The maximum Gasteiger partial charge on any atom is 0.254 e. The normalized spacial score (nSPS) is 15.8. The molecule has 0 amide bonds. The zero-order valence-electron chi connectivity index (χ0n) is 12.4. The standard InChI is InChI=1S/C17H20N2O3/c20-15-12-16(14-4-2-1-3-5-14)19(17(21)13-15)7-6-18-8-10-22-11-9-18/h1-5,12-13,20H,6-11H2. The van der Waals surface area contributed by atoms with Crippen LogP contribution in [0, 0.1) is 0 Å². The summed E-state index contributed by atoms with van der Waals surface area (Å²) >= 11 is 0. The quantitative estimate of drug-likeness (QED) is 0.931. The molecular weight excluding hydrogens is 280 g/mol. The summed E-state index contributed by atoms with van der Waals surface area (Å²) < 4.78 is 7.07. The molecule has 5 nitrogen and oxygen atoms in total. The van der Waals surface area contributed by atoms with E-state index in [0.717, 1.165) is 44.1 Å². The summed E-state index contributed by atoms with van der Waals surface area (Å²) in [4.78, 5) is 14.6. The summed E-state index contributed by atoms with van der Waals surface area (Å²) in [6, 6.07) is 12.6. The van der Waals surface area contributed by atoms with Crippen LogP contribution in [0.2, 0.25) is 0 Å². The lowest BCUT2D eigenvalue weighted by Gasteiger charge is -2.27. The molecule has 2 heterocycles. The van der Waals surface area contributed by atoms with Crippen LogP contribution in [-0.2, 0) is 11.3 Å². The van der Waals surface area contributed by atoms with Crippen LogP contribution in [0.4, 0.5) is 0 Å². The number of aromatic nitrogens is 1. The van der Waals surface area contributed by atoms with Gasteiger partial charge in [0.1, 0.15) is 5.75 Å². The van der Waals surface area contributed by atoms with Crippen molar-refractivity contribution in [2.24, 2.45) is 0 Å². The predicted octanol–water partition coefficient (Wildman–Crippen LogP) is 1.55. The Morgan fingerprint density at radius 3 is 2.50 bits per heavy atom. The smallest absolute Gasteiger partial charge is 0.254 e. The molecule has 0 aliphatic carbocycles. The van der Waals surface area contributed by atoms with Crippen molar-refractivity contribution < 1.29 is 9.84 Å². The number of hydrogen-bond donors (Lipinski definition) is 1. The van der Waals surface area contributed by atoms with Gasteiger partial charge in [0.05, 0.1) is 18.9 Å². The van der Waals surface area contributed by atoms with Crippen molar-refractivity contribution in [3.63, 3.8) is 0 Å². The van der Waals surface area contributed by atoms with Gasteiger partial charge in [-0.25, -0.2) is 0 Å². The van der Waals surface area contributed by atoms with E-state index < -0.39 is 0 Å². The second-order valence-electron chi connectivity index (χ2n) is 5.41. The Balaban J connectivity index is 1.87. The van der Waals surface area contributed by atoms with Gasteiger partial charge in [0.15, 0.2) is 0 Å². The van der Waals surface area contributed by atoms with Crippen LogP contribution < -0.4 is 5.56 Å². The third-order valence-corrected chi connectivity index (χ3v) is 3.93. The van der Waals surface area contributed by atoms with E-state index in [2.05, 4.69) is 4.90 Å². The lowest BCUT2D eigenvalue weighted by Crippen LogP contribution is -2.39. The lowest BCUT2D eigenvalue weighted by atomic mass is 10.1. The molecule has 0 radical (unpaired) electrons. The van der Waals surface area contributed by atoms with Gasteiger partial charge in [-0.05, 0) is 5.56 Å². The van der Waals surface area contributed by atoms with Gasteiger partial charge in [0, 0.05) is 38.3 Å². The Kier molecular flexibility index (Phi) is 4.56. The first-order valence-corrected chi connectivity index (χ1v) is 7.53. The van der Waals surface area contributed by atoms with Crippen molar-refractivity contribution in [1.29, 1.82) is 0 Å². The van der Waals surface area contributed by atoms with Crippen LogP contribution >= 0.6 is 0 Å². The fraction of sp³-hybridized carbons (Fsp3) is 0.353. The van der Waals surface area contributed by atoms with Gasteiger partial charge in [0.25, 0.3) is 5.56 Å². The van der Waals surface area contributed by atoms with E-state index in [9.17, 15) is 9.90 Å². The highest BCUT2D eigenvalue weighted by Gasteiger charge is 2.13. The molecule has 1 aromatic carbocycles. The van der Waals surface area contributed by atoms with Crippen molar-refractivity contribution in [1.82, 2.24) is 9.47 Å². The van der Waals surface area contributed by atoms with Crippen molar-refractivity contribution in [2.75, 3.05) is 32.8 Å². The van der Waals surface area contributed by atoms with Crippen molar-refractivity contribution in [2.45, 2.75) is 6.54 Å². The van der Waals surface area contributed by atoms with E-state index in [4.69, 9.17) is 4.74 Å². The molecule has 1 fully saturated rings. The highest BCUT2D eigenvalue weighted by molar-refractivity contribution is 5.61. The van der Waals surface area contributed by atoms with E-state index in [1.165, 1.54) is 6.07 Å². The van der Waals surface area contributed by atoms with Crippen LogP contribution in [0.15, 0.2) is 47.3 Å². The number of ether oxygens (including phenoxy) is 1. The van der Waals surface area contributed by atoms with Gasteiger partial charge >= 0.3 is 0 Å². The zero-order chi connectivity index (χ0) is 15.4. The molecule has 0 saturated carbocycles. The Morgan fingerprint density at radius 1 is 1.05 bits per heavy atom. The third-order valence-electron chi connectivity index (χ3n) is 3.93. The molecule has 1 N–H and O–H groups in total. The first-order valence-electron chi connectivity index (χ1n) is 7.53. The molecule has 0 atom stereocenters. The van der Waals surface area contributed by atoms with Crippen molar-refractivity contribution in [3.8, 4) is 17.0 Å². The van der Waals surface area contributed by atoms with Crippen molar-refractivity contribution in [3.05, 3.63) is 52.8 Å². The van der Waals surface area contributed by atoms with Gasteiger partial charge in [-0.3, -0.25) is 9.69 Å². The molecule has 1 saturated heterocycles. The van der Waals surface area contributed by atoms with Gasteiger partial charge < -0.3 is 14.4 Å². The molecule has 1 aliphatic heterocycles. The molecule has 5 heteroatoms. The average molecular weight is 300 g/mol. The number of aromatic hydroxyl groups is 1. The summed E-state index contributed by atoms with van der Waals surface area (Å²) in [6.45, 7) is 4.68. The summed E-state index contributed by atoms with van der Waals surface area (Å²) in [5, 5.41) is 9.76. The monoisotopic (exact) mass is 300 g/mol. The maximum atomic E-state index is 12.3. The number of benzene rings is 1. The fourth-order valence-electron chi connectivity index (χ4n) is 2.73. The molecule has 0 spiro atoms. The molecule has 1 aliphatic rings. The zero-order valence-corrected chi connectivity index (χ0v) is 12.4. The van der Waals surface area contributed by atoms with E-state index in [0.29, 0.717) is 6.54 Å². The number of hydrogen-bond acceptors (Lipinski definition) is 4. The van der Waals surface area contributed by atoms with E-state index in [1.807, 2.05) is 30.3 Å². The number of morpholine rings is 1. The summed E-state index contributed by atoms with van der Waals surface area (Å²) in [6.07, 6.45) is 0. The Labute approximate surface area is 129 Å². The Morgan fingerprint density at radius 2 is 1.77 bits per heavy atom. The van der Waals surface area contributed by atoms with Crippen LogP contribution in [0.1, 0.15) is 0 Å². The molecule has 116 valence electrons.